The first-order valence-electron chi connectivity index (χ1n) is 8.82. The predicted molar refractivity (Wildman–Crippen MR) is 109 cm³/mol. The number of benzene rings is 3. The lowest BCUT2D eigenvalue weighted by atomic mass is 10.2. The molecule has 0 radical (unpaired) electrons. The van der Waals surface area contributed by atoms with Gasteiger partial charge in [0.2, 0.25) is 0 Å². The number of hydrogen-bond donors (Lipinski definition) is 1. The van der Waals surface area contributed by atoms with Crippen molar-refractivity contribution in [2.24, 2.45) is 10.2 Å². The summed E-state index contributed by atoms with van der Waals surface area (Å²) in [7, 11) is 1.32. The molecule has 0 aliphatic carbocycles. The van der Waals surface area contributed by atoms with E-state index in [1.807, 2.05) is 30.3 Å². The van der Waals surface area contributed by atoms with Gasteiger partial charge >= 0.3 is 5.97 Å². The molecule has 1 N–H and O–H groups in total. The Balaban J connectivity index is 1.49. The smallest absolute Gasteiger partial charge is 0.337 e. The van der Waals surface area contributed by atoms with Gasteiger partial charge in [-0.15, -0.1) is 0 Å². The SMILES string of the molecule is COC(=O)c1ccc(OCC(=O)Nc2ccc(N=Nc3ccccc3)cc2)cc1. The quantitative estimate of drug-likeness (QED) is 0.459. The molecule has 0 saturated carbocycles. The van der Waals surface area contributed by atoms with E-state index in [-0.39, 0.29) is 12.5 Å². The van der Waals surface area contributed by atoms with Crippen LogP contribution >= 0.6 is 0 Å². The van der Waals surface area contributed by atoms with Gasteiger partial charge in [0.25, 0.3) is 5.91 Å². The summed E-state index contributed by atoms with van der Waals surface area (Å²) in [5.74, 6) is -0.258. The van der Waals surface area contributed by atoms with Gasteiger partial charge in [-0.2, -0.15) is 10.2 Å². The molecule has 0 bridgehead atoms. The number of esters is 1. The Morgan fingerprint density at radius 2 is 1.45 bits per heavy atom. The van der Waals surface area contributed by atoms with Crippen LogP contribution in [0, 0.1) is 0 Å². The van der Waals surface area contributed by atoms with Crippen LogP contribution in [0.4, 0.5) is 17.1 Å². The standard InChI is InChI=1S/C22H19N3O4/c1-28-22(27)16-7-13-20(14-8-16)29-15-21(26)23-17-9-11-19(12-10-17)25-24-18-5-3-2-4-6-18/h2-14H,15H2,1H3,(H,23,26). The largest absolute Gasteiger partial charge is 0.484 e. The topological polar surface area (TPSA) is 89.3 Å². The van der Waals surface area contributed by atoms with Crippen LogP contribution in [0.15, 0.2) is 89.1 Å². The number of carbonyl (C=O) groups is 2. The molecule has 0 spiro atoms. The summed E-state index contributed by atoms with van der Waals surface area (Å²) in [5, 5.41) is 11.0. The number of nitrogens with zero attached hydrogens (tertiary/aromatic N) is 2. The van der Waals surface area contributed by atoms with Gasteiger partial charge < -0.3 is 14.8 Å². The second kappa shape index (κ2) is 9.80. The number of ether oxygens (including phenoxy) is 2. The van der Waals surface area contributed by atoms with Crippen molar-refractivity contribution in [1.82, 2.24) is 0 Å². The molecule has 0 atom stereocenters. The number of azo groups is 1. The third-order valence-electron chi connectivity index (χ3n) is 3.83. The molecule has 0 unspecified atom stereocenters. The highest BCUT2D eigenvalue weighted by molar-refractivity contribution is 5.92. The molecule has 0 heterocycles. The molecular weight excluding hydrogens is 370 g/mol. The van der Waals surface area contributed by atoms with E-state index in [0.717, 1.165) is 5.69 Å². The van der Waals surface area contributed by atoms with Crippen LogP contribution in [0.1, 0.15) is 10.4 Å². The molecule has 3 aromatic rings. The van der Waals surface area contributed by atoms with E-state index in [1.165, 1.54) is 7.11 Å². The van der Waals surface area contributed by atoms with Gasteiger partial charge in [-0.25, -0.2) is 4.79 Å². The summed E-state index contributed by atoms with van der Waals surface area (Å²) in [6, 6.07) is 22.8. The van der Waals surface area contributed by atoms with E-state index < -0.39 is 5.97 Å². The summed E-state index contributed by atoms with van der Waals surface area (Å²) < 4.78 is 10.1. The van der Waals surface area contributed by atoms with E-state index in [0.29, 0.717) is 22.7 Å². The van der Waals surface area contributed by atoms with Crippen molar-refractivity contribution in [3.05, 3.63) is 84.4 Å². The normalized spacial score (nSPS) is 10.5. The van der Waals surface area contributed by atoms with Gasteiger partial charge in [-0.1, -0.05) is 18.2 Å². The predicted octanol–water partition coefficient (Wildman–Crippen LogP) is 4.91. The minimum Gasteiger partial charge on any atom is -0.484 e. The van der Waals surface area contributed by atoms with Crippen molar-refractivity contribution in [1.29, 1.82) is 0 Å². The lowest BCUT2D eigenvalue weighted by Crippen LogP contribution is -2.20. The molecule has 0 aliphatic heterocycles. The van der Waals surface area contributed by atoms with Crippen molar-refractivity contribution in [2.75, 3.05) is 19.0 Å². The van der Waals surface area contributed by atoms with Crippen molar-refractivity contribution in [3.63, 3.8) is 0 Å². The second-order valence-electron chi connectivity index (χ2n) is 5.94. The van der Waals surface area contributed by atoms with E-state index in [9.17, 15) is 9.59 Å². The third kappa shape index (κ3) is 6.00. The van der Waals surface area contributed by atoms with Crippen LogP contribution in [-0.4, -0.2) is 25.6 Å². The Labute approximate surface area is 168 Å². The van der Waals surface area contributed by atoms with Crippen LogP contribution in [0.3, 0.4) is 0 Å². The number of carbonyl (C=O) groups excluding carboxylic acids is 2. The molecule has 7 nitrogen and oxygen atoms in total. The van der Waals surface area contributed by atoms with E-state index in [4.69, 9.17) is 4.74 Å². The minimum atomic E-state index is -0.430. The monoisotopic (exact) mass is 389 g/mol. The molecule has 3 rings (SSSR count). The maximum absolute atomic E-state index is 12.1. The average Bonchev–Trinajstić information content (AvgIpc) is 2.78. The van der Waals surface area contributed by atoms with Crippen LogP contribution in [0.5, 0.6) is 5.75 Å². The number of amides is 1. The fraction of sp³-hybridized carbons (Fsp3) is 0.0909. The third-order valence-corrected chi connectivity index (χ3v) is 3.83. The van der Waals surface area contributed by atoms with Crippen LogP contribution in [0.25, 0.3) is 0 Å². The molecule has 0 aromatic heterocycles. The maximum Gasteiger partial charge on any atom is 0.337 e. The lowest BCUT2D eigenvalue weighted by molar-refractivity contribution is -0.118. The molecule has 0 fully saturated rings. The van der Waals surface area contributed by atoms with E-state index >= 15 is 0 Å². The number of hydrogen-bond acceptors (Lipinski definition) is 6. The van der Waals surface area contributed by atoms with Gasteiger partial charge in [0.1, 0.15) is 5.75 Å². The van der Waals surface area contributed by atoms with Gasteiger partial charge in [0, 0.05) is 5.69 Å². The summed E-state index contributed by atoms with van der Waals surface area (Å²) in [4.78, 5) is 23.4. The van der Waals surface area contributed by atoms with Crippen LogP contribution in [-0.2, 0) is 9.53 Å². The van der Waals surface area contributed by atoms with Gasteiger partial charge in [0.05, 0.1) is 24.0 Å². The van der Waals surface area contributed by atoms with Crippen molar-refractivity contribution >= 4 is 28.9 Å². The van der Waals surface area contributed by atoms with Gasteiger partial charge in [-0.3, -0.25) is 4.79 Å². The van der Waals surface area contributed by atoms with E-state index in [1.54, 1.807) is 48.5 Å². The number of nitrogens with one attached hydrogen (secondary N) is 1. The molecule has 0 aliphatic rings. The van der Waals surface area contributed by atoms with Crippen LogP contribution < -0.4 is 10.1 Å². The first-order valence-corrected chi connectivity index (χ1v) is 8.82. The Kier molecular flexibility index (Phi) is 6.67. The van der Waals surface area contributed by atoms with Crippen LogP contribution in [0.2, 0.25) is 0 Å². The highest BCUT2D eigenvalue weighted by atomic mass is 16.5. The molecule has 0 saturated heterocycles. The molecule has 7 heteroatoms. The number of anilines is 1. The Hall–Kier alpha value is -4.00. The first-order chi connectivity index (χ1) is 14.1. The van der Waals surface area contributed by atoms with E-state index in [2.05, 4.69) is 20.3 Å². The Bertz CT molecular complexity index is 985. The average molecular weight is 389 g/mol. The minimum absolute atomic E-state index is 0.160. The first kappa shape index (κ1) is 19.8. The zero-order chi connectivity index (χ0) is 20.5. The zero-order valence-electron chi connectivity index (χ0n) is 15.7. The Morgan fingerprint density at radius 3 is 2.07 bits per heavy atom. The summed E-state index contributed by atoms with van der Waals surface area (Å²) >= 11 is 0. The number of rotatable bonds is 7. The van der Waals surface area contributed by atoms with Gasteiger partial charge in [0.15, 0.2) is 6.61 Å². The molecule has 3 aromatic carbocycles. The second-order valence-corrected chi connectivity index (χ2v) is 5.94. The van der Waals surface area contributed by atoms with Gasteiger partial charge in [-0.05, 0) is 60.7 Å². The maximum atomic E-state index is 12.1. The Morgan fingerprint density at radius 1 is 0.828 bits per heavy atom. The summed E-state index contributed by atoms with van der Waals surface area (Å²) in [6.45, 7) is -0.160. The number of methoxy groups -OCH3 is 1. The highest BCUT2D eigenvalue weighted by Crippen LogP contribution is 2.20. The summed E-state index contributed by atoms with van der Waals surface area (Å²) in [5.41, 5.74) is 2.47. The zero-order valence-corrected chi connectivity index (χ0v) is 15.7. The highest BCUT2D eigenvalue weighted by Gasteiger charge is 2.07. The molecular formula is C22H19N3O4. The fourth-order valence-corrected chi connectivity index (χ4v) is 2.37. The lowest BCUT2D eigenvalue weighted by Gasteiger charge is -2.08. The van der Waals surface area contributed by atoms with Crippen molar-refractivity contribution < 1.29 is 19.1 Å². The summed E-state index contributed by atoms with van der Waals surface area (Å²) in [6.07, 6.45) is 0. The van der Waals surface area contributed by atoms with Crippen molar-refractivity contribution in [3.8, 4) is 5.75 Å². The molecule has 29 heavy (non-hydrogen) atoms. The fourth-order valence-electron chi connectivity index (χ4n) is 2.37. The molecule has 1 amide bonds. The van der Waals surface area contributed by atoms with Crippen molar-refractivity contribution in [2.45, 2.75) is 0 Å². The molecule has 146 valence electrons.